The highest BCUT2D eigenvalue weighted by Gasteiger charge is 2.12. The Morgan fingerprint density at radius 1 is 1.32 bits per heavy atom. The van der Waals surface area contributed by atoms with Crippen LogP contribution in [0.5, 0.6) is 0 Å². The first kappa shape index (κ1) is 15.5. The molecule has 0 bridgehead atoms. The van der Waals surface area contributed by atoms with Gasteiger partial charge in [-0.3, -0.25) is 0 Å². The van der Waals surface area contributed by atoms with Gasteiger partial charge in [-0.15, -0.1) is 0 Å². The van der Waals surface area contributed by atoms with Gasteiger partial charge in [0.25, 0.3) is 0 Å². The van der Waals surface area contributed by atoms with E-state index >= 15 is 0 Å². The Morgan fingerprint density at radius 2 is 2.11 bits per heavy atom. The second kappa shape index (κ2) is 8.50. The Morgan fingerprint density at radius 3 is 2.79 bits per heavy atom. The van der Waals surface area contributed by atoms with Crippen LogP contribution in [0.25, 0.3) is 0 Å². The Bertz CT molecular complexity index is 395. The van der Waals surface area contributed by atoms with Crippen molar-refractivity contribution in [1.29, 1.82) is 0 Å². The molecule has 0 aromatic heterocycles. The molecule has 5 heteroatoms. The van der Waals surface area contributed by atoms with Crippen molar-refractivity contribution in [2.45, 2.75) is 19.6 Å². The summed E-state index contributed by atoms with van der Waals surface area (Å²) in [6.07, 6.45) is 0. The first-order valence-corrected chi connectivity index (χ1v) is 6.17. The zero-order valence-electron chi connectivity index (χ0n) is 11.6. The van der Waals surface area contributed by atoms with Crippen LogP contribution in [0.3, 0.4) is 0 Å². The average molecular weight is 267 g/mol. The van der Waals surface area contributed by atoms with Crippen LogP contribution in [0.2, 0.25) is 0 Å². The largest absolute Gasteiger partial charge is 0.467 e. The van der Waals surface area contributed by atoms with Gasteiger partial charge < -0.3 is 19.5 Å². The van der Waals surface area contributed by atoms with E-state index in [-0.39, 0.29) is 12.0 Å². The molecule has 0 aliphatic heterocycles. The number of benzene rings is 1. The van der Waals surface area contributed by atoms with Gasteiger partial charge in [0.15, 0.2) is 0 Å². The summed E-state index contributed by atoms with van der Waals surface area (Å²) in [5, 5.41) is 3.08. The average Bonchev–Trinajstić information content (AvgIpc) is 2.43. The highest BCUT2D eigenvalue weighted by Crippen LogP contribution is 2.13. The molecule has 1 atom stereocenters. The summed E-state index contributed by atoms with van der Waals surface area (Å²) in [6.45, 7) is 3.42. The van der Waals surface area contributed by atoms with Gasteiger partial charge in [0.05, 0.1) is 26.9 Å². The normalized spacial score (nSPS) is 11.9. The molecule has 1 aromatic carbocycles. The maximum Gasteiger partial charge on any atom is 0.327 e. The SMILES string of the molecule is COCCOCc1cccc(NC(C)C(=O)OC)c1. The van der Waals surface area contributed by atoms with E-state index in [0.717, 1.165) is 11.3 Å². The number of ether oxygens (including phenoxy) is 3. The van der Waals surface area contributed by atoms with Crippen molar-refractivity contribution in [3.63, 3.8) is 0 Å². The van der Waals surface area contributed by atoms with Gasteiger partial charge >= 0.3 is 5.97 Å². The zero-order chi connectivity index (χ0) is 14.1. The highest BCUT2D eigenvalue weighted by molar-refractivity contribution is 5.78. The van der Waals surface area contributed by atoms with E-state index in [1.165, 1.54) is 7.11 Å². The van der Waals surface area contributed by atoms with Crippen molar-refractivity contribution in [3.8, 4) is 0 Å². The van der Waals surface area contributed by atoms with Gasteiger partial charge in [-0.25, -0.2) is 4.79 Å². The number of methoxy groups -OCH3 is 2. The topological polar surface area (TPSA) is 56.8 Å². The Hall–Kier alpha value is -1.59. The molecule has 0 saturated heterocycles. The van der Waals surface area contributed by atoms with Crippen LogP contribution in [0.4, 0.5) is 5.69 Å². The fourth-order valence-corrected chi connectivity index (χ4v) is 1.57. The molecule has 5 nitrogen and oxygen atoms in total. The molecule has 0 heterocycles. The van der Waals surface area contributed by atoms with E-state index < -0.39 is 0 Å². The van der Waals surface area contributed by atoms with Crippen molar-refractivity contribution in [1.82, 2.24) is 0 Å². The fourth-order valence-electron chi connectivity index (χ4n) is 1.57. The first-order valence-electron chi connectivity index (χ1n) is 6.17. The molecule has 0 saturated carbocycles. The van der Waals surface area contributed by atoms with Crippen molar-refractivity contribution in [2.24, 2.45) is 0 Å². The number of anilines is 1. The van der Waals surface area contributed by atoms with Crippen LogP contribution in [-0.2, 0) is 25.6 Å². The summed E-state index contributed by atoms with van der Waals surface area (Å²) >= 11 is 0. The summed E-state index contributed by atoms with van der Waals surface area (Å²) in [5.74, 6) is -0.290. The van der Waals surface area contributed by atoms with Crippen molar-refractivity contribution in [3.05, 3.63) is 29.8 Å². The summed E-state index contributed by atoms with van der Waals surface area (Å²) in [4.78, 5) is 11.3. The lowest BCUT2D eigenvalue weighted by Crippen LogP contribution is -2.27. The molecule has 1 rings (SSSR count). The lowest BCUT2D eigenvalue weighted by Gasteiger charge is -2.13. The van der Waals surface area contributed by atoms with Crippen molar-refractivity contribution >= 4 is 11.7 Å². The van der Waals surface area contributed by atoms with Gasteiger partial charge in [0.2, 0.25) is 0 Å². The third-order valence-electron chi connectivity index (χ3n) is 2.57. The molecule has 19 heavy (non-hydrogen) atoms. The summed E-state index contributed by atoms with van der Waals surface area (Å²) in [5.41, 5.74) is 1.91. The van der Waals surface area contributed by atoms with Crippen molar-refractivity contribution in [2.75, 3.05) is 32.8 Å². The smallest absolute Gasteiger partial charge is 0.327 e. The molecule has 0 amide bonds. The van der Waals surface area contributed by atoms with E-state index in [1.807, 2.05) is 24.3 Å². The predicted octanol–water partition coefficient (Wildman–Crippen LogP) is 1.82. The van der Waals surface area contributed by atoms with Crippen LogP contribution in [0.1, 0.15) is 12.5 Å². The molecule has 1 aromatic rings. The molecule has 0 aliphatic rings. The third-order valence-corrected chi connectivity index (χ3v) is 2.57. The number of carbonyl (C=O) groups excluding carboxylic acids is 1. The van der Waals surface area contributed by atoms with E-state index in [0.29, 0.717) is 19.8 Å². The molecule has 0 radical (unpaired) electrons. The number of hydrogen-bond donors (Lipinski definition) is 1. The van der Waals surface area contributed by atoms with Crippen molar-refractivity contribution < 1.29 is 19.0 Å². The molecule has 1 unspecified atom stereocenters. The maximum atomic E-state index is 11.3. The minimum Gasteiger partial charge on any atom is -0.467 e. The first-order chi connectivity index (χ1) is 9.17. The quantitative estimate of drug-likeness (QED) is 0.575. The van der Waals surface area contributed by atoms with E-state index in [1.54, 1.807) is 14.0 Å². The van der Waals surface area contributed by atoms with Crippen LogP contribution in [-0.4, -0.2) is 39.4 Å². The number of nitrogens with one attached hydrogen (secondary N) is 1. The zero-order valence-corrected chi connectivity index (χ0v) is 11.6. The molecule has 1 N–H and O–H groups in total. The maximum absolute atomic E-state index is 11.3. The summed E-state index contributed by atoms with van der Waals surface area (Å²) in [6, 6.07) is 7.36. The fraction of sp³-hybridized carbons (Fsp3) is 0.500. The van der Waals surface area contributed by atoms with Gasteiger partial charge in [-0.2, -0.15) is 0 Å². The number of rotatable bonds is 8. The lowest BCUT2D eigenvalue weighted by atomic mass is 10.2. The van der Waals surface area contributed by atoms with E-state index in [2.05, 4.69) is 10.1 Å². The van der Waals surface area contributed by atoms with Crippen LogP contribution >= 0.6 is 0 Å². The highest BCUT2D eigenvalue weighted by atomic mass is 16.5. The van der Waals surface area contributed by atoms with Crippen LogP contribution in [0, 0.1) is 0 Å². The second-order valence-corrected chi connectivity index (χ2v) is 4.13. The Kier molecular flexibility index (Phi) is 6.92. The summed E-state index contributed by atoms with van der Waals surface area (Å²) < 4.78 is 15.0. The molecular formula is C14H21NO4. The molecule has 0 aliphatic carbocycles. The number of esters is 1. The van der Waals surface area contributed by atoms with Gasteiger partial charge in [-0.05, 0) is 24.6 Å². The van der Waals surface area contributed by atoms with E-state index in [4.69, 9.17) is 9.47 Å². The molecule has 106 valence electrons. The molecular weight excluding hydrogens is 246 g/mol. The van der Waals surface area contributed by atoms with Crippen LogP contribution in [0.15, 0.2) is 24.3 Å². The van der Waals surface area contributed by atoms with Gasteiger partial charge in [0.1, 0.15) is 6.04 Å². The minimum absolute atomic E-state index is 0.290. The third kappa shape index (κ3) is 5.72. The summed E-state index contributed by atoms with van der Waals surface area (Å²) in [7, 11) is 3.02. The van der Waals surface area contributed by atoms with Gasteiger partial charge in [0, 0.05) is 12.8 Å². The monoisotopic (exact) mass is 267 g/mol. The Balaban J connectivity index is 2.49. The standard InChI is InChI=1S/C14H21NO4/c1-11(14(16)18-3)15-13-6-4-5-12(9-13)10-19-8-7-17-2/h4-6,9,11,15H,7-8,10H2,1-3H3. The van der Waals surface area contributed by atoms with E-state index in [9.17, 15) is 4.79 Å². The molecule has 0 fully saturated rings. The number of carbonyl (C=O) groups is 1. The Labute approximate surface area is 113 Å². The second-order valence-electron chi connectivity index (χ2n) is 4.13. The number of hydrogen-bond acceptors (Lipinski definition) is 5. The molecule has 0 spiro atoms. The minimum atomic E-state index is -0.380. The van der Waals surface area contributed by atoms with Gasteiger partial charge in [-0.1, -0.05) is 12.1 Å². The van der Waals surface area contributed by atoms with Crippen LogP contribution < -0.4 is 5.32 Å². The predicted molar refractivity (Wildman–Crippen MR) is 73.1 cm³/mol. The lowest BCUT2D eigenvalue weighted by molar-refractivity contribution is -0.141.